The molecule has 4 atom stereocenters. The van der Waals surface area contributed by atoms with Crippen LogP contribution >= 0.6 is 0 Å². The van der Waals surface area contributed by atoms with Crippen molar-refractivity contribution in [3.05, 3.63) is 34.9 Å². The topological polar surface area (TPSA) is 69.9 Å². The van der Waals surface area contributed by atoms with Crippen LogP contribution in [-0.2, 0) is 4.74 Å². The van der Waals surface area contributed by atoms with E-state index in [-0.39, 0.29) is 6.10 Å². The minimum atomic E-state index is -1.20. The molecule has 3 N–H and O–H groups in total. The van der Waals surface area contributed by atoms with E-state index in [1.165, 1.54) is 11.1 Å². The summed E-state index contributed by atoms with van der Waals surface area (Å²) in [4.78, 5) is 0. The van der Waals surface area contributed by atoms with Gasteiger partial charge in [0.25, 0.3) is 0 Å². The van der Waals surface area contributed by atoms with Gasteiger partial charge < -0.3 is 20.1 Å². The third-order valence-electron chi connectivity index (χ3n) is 5.45. The van der Waals surface area contributed by atoms with Crippen LogP contribution in [0.25, 0.3) is 0 Å². The van der Waals surface area contributed by atoms with Gasteiger partial charge in [-0.3, -0.25) is 0 Å². The predicted molar refractivity (Wildman–Crippen MR) is 95.7 cm³/mol. The molecule has 24 heavy (non-hydrogen) atoms. The second-order valence-corrected chi connectivity index (χ2v) is 7.67. The molecule has 4 nitrogen and oxygen atoms in total. The molecule has 4 unspecified atom stereocenters. The van der Waals surface area contributed by atoms with Crippen molar-refractivity contribution in [2.45, 2.75) is 83.2 Å². The van der Waals surface area contributed by atoms with Gasteiger partial charge in [-0.25, -0.2) is 0 Å². The Morgan fingerprint density at radius 3 is 2.58 bits per heavy atom. The van der Waals surface area contributed by atoms with Crippen LogP contribution in [-0.4, -0.2) is 45.8 Å². The van der Waals surface area contributed by atoms with Crippen LogP contribution in [0.1, 0.15) is 59.3 Å². The zero-order chi connectivity index (χ0) is 17.9. The van der Waals surface area contributed by atoms with E-state index < -0.39 is 17.8 Å². The van der Waals surface area contributed by atoms with Crippen LogP contribution in [0.2, 0.25) is 0 Å². The first kappa shape index (κ1) is 19.4. The average molecular weight is 336 g/mol. The molecule has 0 radical (unpaired) electrons. The van der Waals surface area contributed by atoms with E-state index in [1.807, 2.05) is 6.92 Å². The van der Waals surface area contributed by atoms with Crippen molar-refractivity contribution in [1.82, 2.24) is 0 Å². The highest BCUT2D eigenvalue weighted by Crippen LogP contribution is 2.31. The molecule has 0 spiro atoms. The maximum Gasteiger partial charge on any atom is 0.0977 e. The van der Waals surface area contributed by atoms with Crippen molar-refractivity contribution in [3.8, 4) is 0 Å². The molecule has 0 aromatic heterocycles. The normalized spacial score (nSPS) is 37.0. The molecule has 0 aromatic carbocycles. The van der Waals surface area contributed by atoms with E-state index >= 15 is 0 Å². The van der Waals surface area contributed by atoms with Gasteiger partial charge in [0.05, 0.1) is 30.5 Å². The Kier molecular flexibility index (Phi) is 6.43. The van der Waals surface area contributed by atoms with Crippen LogP contribution < -0.4 is 0 Å². The van der Waals surface area contributed by atoms with Crippen LogP contribution in [0.5, 0.6) is 0 Å². The molecule has 0 bridgehead atoms. The van der Waals surface area contributed by atoms with Gasteiger partial charge in [0, 0.05) is 0 Å². The largest absolute Gasteiger partial charge is 0.390 e. The summed E-state index contributed by atoms with van der Waals surface area (Å²) in [6.07, 6.45) is 4.18. The Hall–Kier alpha value is -0.940. The fraction of sp³-hybridized carbons (Fsp3) is 0.700. The second-order valence-electron chi connectivity index (χ2n) is 7.67. The first-order valence-corrected chi connectivity index (χ1v) is 8.94. The fourth-order valence-corrected chi connectivity index (χ4v) is 3.43. The second kappa shape index (κ2) is 7.96. The Morgan fingerprint density at radius 1 is 1.17 bits per heavy atom. The summed E-state index contributed by atoms with van der Waals surface area (Å²) in [6.45, 7) is 10.4. The molecule has 0 saturated carbocycles. The number of hydrogen-bond acceptors (Lipinski definition) is 4. The average Bonchev–Trinajstić information content (AvgIpc) is 2.87. The van der Waals surface area contributed by atoms with Crippen molar-refractivity contribution in [1.29, 1.82) is 0 Å². The third kappa shape index (κ3) is 4.79. The maximum absolute atomic E-state index is 10.5. The quantitative estimate of drug-likeness (QED) is 0.595. The summed E-state index contributed by atoms with van der Waals surface area (Å²) >= 11 is 0. The number of ether oxygens (including phenoxy) is 1. The summed E-state index contributed by atoms with van der Waals surface area (Å²) in [5.41, 5.74) is 3.30. The van der Waals surface area contributed by atoms with Crippen LogP contribution in [0.15, 0.2) is 34.9 Å². The minimum absolute atomic E-state index is 0.0180. The lowest BCUT2D eigenvalue weighted by atomic mass is 9.86. The Morgan fingerprint density at radius 2 is 1.88 bits per heavy atom. The fourth-order valence-electron chi connectivity index (χ4n) is 3.43. The maximum atomic E-state index is 10.5. The number of rotatable bonds is 0. The minimum Gasteiger partial charge on any atom is -0.390 e. The van der Waals surface area contributed by atoms with E-state index in [0.29, 0.717) is 32.3 Å². The zero-order valence-corrected chi connectivity index (χ0v) is 15.2. The van der Waals surface area contributed by atoms with Gasteiger partial charge >= 0.3 is 0 Å². The number of aliphatic hydroxyl groups excluding tert-OH is 2. The van der Waals surface area contributed by atoms with Crippen molar-refractivity contribution in [2.75, 3.05) is 6.61 Å². The standard InChI is InChI=1S/C20H32O4/c1-13-5-8-19(22)20(4,23)10-9-17(21)14(2)6-7-16-15(3)12-24-18(16)11-13/h11,17-19,21-23H,2,5-10,12H2,1,3-4H3. The van der Waals surface area contributed by atoms with Gasteiger partial charge in [-0.15, -0.1) is 0 Å². The highest BCUT2D eigenvalue weighted by atomic mass is 16.5. The molecule has 1 heterocycles. The van der Waals surface area contributed by atoms with Crippen LogP contribution in [0.3, 0.4) is 0 Å². The third-order valence-corrected chi connectivity index (χ3v) is 5.45. The first-order valence-electron chi connectivity index (χ1n) is 8.94. The van der Waals surface area contributed by atoms with Crippen molar-refractivity contribution < 1.29 is 20.1 Å². The van der Waals surface area contributed by atoms with Crippen LogP contribution in [0.4, 0.5) is 0 Å². The Balaban J connectivity index is 2.21. The van der Waals surface area contributed by atoms with Gasteiger partial charge in [-0.2, -0.15) is 0 Å². The molecule has 136 valence electrons. The summed E-state index contributed by atoms with van der Waals surface area (Å²) < 4.78 is 5.87. The highest BCUT2D eigenvalue weighted by Gasteiger charge is 2.31. The van der Waals surface area contributed by atoms with Crippen molar-refractivity contribution in [2.24, 2.45) is 0 Å². The van der Waals surface area contributed by atoms with E-state index in [4.69, 9.17) is 4.74 Å². The number of hydrogen-bond donors (Lipinski definition) is 3. The molecule has 1 aliphatic heterocycles. The molecular weight excluding hydrogens is 304 g/mol. The number of aliphatic hydroxyl groups is 3. The summed E-state index contributed by atoms with van der Waals surface area (Å²) in [7, 11) is 0. The van der Waals surface area contributed by atoms with Gasteiger partial charge in [0.2, 0.25) is 0 Å². The van der Waals surface area contributed by atoms with E-state index in [9.17, 15) is 15.3 Å². The zero-order valence-electron chi connectivity index (χ0n) is 15.2. The van der Waals surface area contributed by atoms with Crippen molar-refractivity contribution in [3.63, 3.8) is 0 Å². The lowest BCUT2D eigenvalue weighted by molar-refractivity contribution is -0.0747. The summed E-state index contributed by atoms with van der Waals surface area (Å²) in [5, 5.41) is 31.1. The smallest absolute Gasteiger partial charge is 0.0977 e. The molecule has 2 aliphatic rings. The predicted octanol–water partition coefficient (Wildman–Crippen LogP) is 3.03. The summed E-state index contributed by atoms with van der Waals surface area (Å²) in [5.74, 6) is 0. The number of allylic oxidation sites excluding steroid dienone is 1. The molecule has 2 rings (SSSR count). The molecular formula is C20H32O4. The first-order chi connectivity index (χ1) is 11.2. The van der Waals surface area contributed by atoms with Gasteiger partial charge in [-0.1, -0.05) is 18.2 Å². The molecule has 0 fully saturated rings. The Bertz CT molecular complexity index is 530. The van der Waals surface area contributed by atoms with Gasteiger partial charge in [-0.05, 0) is 76.0 Å². The van der Waals surface area contributed by atoms with Crippen LogP contribution in [0, 0.1) is 0 Å². The Labute approximate surface area is 145 Å². The summed E-state index contributed by atoms with van der Waals surface area (Å²) in [6, 6.07) is 0. The lowest BCUT2D eigenvalue weighted by Crippen LogP contribution is -2.40. The van der Waals surface area contributed by atoms with Gasteiger partial charge in [0.15, 0.2) is 0 Å². The van der Waals surface area contributed by atoms with Gasteiger partial charge in [0.1, 0.15) is 0 Å². The number of fused-ring (bicyclic) bond motifs is 1. The molecule has 0 amide bonds. The molecule has 1 aliphatic carbocycles. The molecule has 0 saturated heterocycles. The van der Waals surface area contributed by atoms with Crippen molar-refractivity contribution >= 4 is 0 Å². The van der Waals surface area contributed by atoms with E-state index in [0.717, 1.165) is 24.0 Å². The monoisotopic (exact) mass is 336 g/mol. The van der Waals surface area contributed by atoms with E-state index in [1.54, 1.807) is 6.92 Å². The molecule has 0 aromatic rings. The van der Waals surface area contributed by atoms with E-state index in [2.05, 4.69) is 19.6 Å². The highest BCUT2D eigenvalue weighted by molar-refractivity contribution is 5.29. The lowest BCUT2D eigenvalue weighted by Gasteiger charge is -2.31. The molecule has 4 heteroatoms. The SMILES string of the molecule is C=C1CCC2=C(C)COC2C=C(C)CCC(O)C(C)(O)CCC1O.